The summed E-state index contributed by atoms with van der Waals surface area (Å²) in [4.78, 5) is 12.2. The van der Waals surface area contributed by atoms with Gasteiger partial charge in [-0.2, -0.15) is 5.10 Å². The summed E-state index contributed by atoms with van der Waals surface area (Å²) in [5, 5.41) is 4.41. The van der Waals surface area contributed by atoms with Crippen LogP contribution in [0.3, 0.4) is 0 Å². The van der Waals surface area contributed by atoms with Gasteiger partial charge in [0.1, 0.15) is 5.56 Å². The molecule has 0 radical (unpaired) electrons. The topological polar surface area (TPSA) is 53.3 Å². The maximum absolute atomic E-state index is 12.2. The molecule has 0 atom stereocenters. The van der Waals surface area contributed by atoms with Crippen LogP contribution in [0.15, 0.2) is 36.5 Å². The summed E-state index contributed by atoms with van der Waals surface area (Å²) in [5.41, 5.74) is 2.44. The largest absolute Gasteiger partial charge is 0.462 e. The van der Waals surface area contributed by atoms with E-state index in [1.165, 1.54) is 0 Å². The van der Waals surface area contributed by atoms with Gasteiger partial charge in [0.25, 0.3) is 0 Å². The highest BCUT2D eigenvalue weighted by Gasteiger charge is 2.24. The van der Waals surface area contributed by atoms with Crippen LogP contribution < -0.4 is 0 Å². The predicted molar refractivity (Wildman–Crippen MR) is 97.6 cm³/mol. The van der Waals surface area contributed by atoms with Crippen molar-refractivity contribution in [2.45, 2.75) is 52.7 Å². The van der Waals surface area contributed by atoms with Crippen molar-refractivity contribution in [2.75, 3.05) is 13.2 Å². The third-order valence-electron chi connectivity index (χ3n) is 3.81. The highest BCUT2D eigenvalue weighted by molar-refractivity contribution is 5.90. The second-order valence-electron chi connectivity index (χ2n) is 6.95. The quantitative estimate of drug-likeness (QED) is 0.537. The smallest absolute Gasteiger partial charge is 0.341 e. The Kier molecular flexibility index (Phi) is 6.76. The van der Waals surface area contributed by atoms with Crippen LogP contribution in [0.5, 0.6) is 0 Å². The first-order valence-electron chi connectivity index (χ1n) is 8.79. The van der Waals surface area contributed by atoms with Gasteiger partial charge in [-0.25, -0.2) is 4.79 Å². The van der Waals surface area contributed by atoms with Gasteiger partial charge in [0, 0.05) is 6.61 Å². The summed E-state index contributed by atoms with van der Waals surface area (Å²) < 4.78 is 12.8. The highest BCUT2D eigenvalue weighted by Crippen LogP contribution is 2.21. The molecule has 2 rings (SSSR count). The van der Waals surface area contributed by atoms with E-state index in [-0.39, 0.29) is 11.5 Å². The van der Waals surface area contributed by atoms with Gasteiger partial charge in [-0.15, -0.1) is 0 Å². The normalized spacial score (nSPS) is 11.5. The van der Waals surface area contributed by atoms with Crippen molar-refractivity contribution < 1.29 is 14.3 Å². The fourth-order valence-electron chi connectivity index (χ4n) is 2.68. The van der Waals surface area contributed by atoms with Gasteiger partial charge in [-0.3, -0.25) is 4.68 Å². The van der Waals surface area contributed by atoms with Gasteiger partial charge in [0.15, 0.2) is 0 Å². The molecule has 0 spiro atoms. The minimum Gasteiger partial charge on any atom is -0.462 e. The number of hydrogen-bond acceptors (Lipinski definition) is 4. The minimum atomic E-state index is -0.307. The Morgan fingerprint density at radius 3 is 2.56 bits per heavy atom. The lowest BCUT2D eigenvalue weighted by Crippen LogP contribution is -2.26. The number of nitrogens with zero attached hydrogens (tertiary/aromatic N) is 2. The van der Waals surface area contributed by atoms with E-state index in [0.29, 0.717) is 25.4 Å². The number of aromatic nitrogens is 2. The maximum Gasteiger partial charge on any atom is 0.341 e. The van der Waals surface area contributed by atoms with Crippen molar-refractivity contribution in [3.05, 3.63) is 53.3 Å². The van der Waals surface area contributed by atoms with Crippen LogP contribution in [0.25, 0.3) is 0 Å². The van der Waals surface area contributed by atoms with Crippen molar-refractivity contribution in [3.8, 4) is 0 Å². The molecule has 136 valence electrons. The molecule has 0 unspecified atom stereocenters. The molecule has 5 nitrogen and oxygen atoms in total. The summed E-state index contributed by atoms with van der Waals surface area (Å²) in [6.45, 7) is 9.62. The first-order valence-corrected chi connectivity index (χ1v) is 8.79. The predicted octanol–water partition coefficient (Wildman–Crippen LogP) is 3.96. The van der Waals surface area contributed by atoms with Crippen molar-refractivity contribution in [1.29, 1.82) is 0 Å². The van der Waals surface area contributed by atoms with Gasteiger partial charge in [-0.05, 0) is 46.1 Å². The van der Waals surface area contributed by atoms with Crippen molar-refractivity contribution >= 4 is 5.97 Å². The summed E-state index contributed by atoms with van der Waals surface area (Å²) in [5.74, 6) is -0.307. The average Bonchev–Trinajstić information content (AvgIpc) is 3.00. The van der Waals surface area contributed by atoms with E-state index in [2.05, 4.69) is 25.9 Å². The molecule has 25 heavy (non-hydrogen) atoms. The molecular weight excluding hydrogens is 316 g/mol. The van der Waals surface area contributed by atoms with Crippen LogP contribution in [0.4, 0.5) is 0 Å². The zero-order valence-corrected chi connectivity index (χ0v) is 15.6. The molecular formula is C20H28N2O3. The van der Waals surface area contributed by atoms with Gasteiger partial charge >= 0.3 is 5.97 Å². The lowest BCUT2D eigenvalue weighted by atomic mass is 10.1. The van der Waals surface area contributed by atoms with Crippen molar-refractivity contribution in [3.63, 3.8) is 0 Å². The number of esters is 1. The van der Waals surface area contributed by atoms with Crippen molar-refractivity contribution in [2.24, 2.45) is 0 Å². The number of rotatable bonds is 8. The molecule has 0 amide bonds. The molecule has 1 aromatic heterocycles. The van der Waals surface area contributed by atoms with E-state index >= 15 is 0 Å². The third-order valence-corrected chi connectivity index (χ3v) is 3.81. The molecule has 0 aliphatic carbocycles. The van der Waals surface area contributed by atoms with E-state index < -0.39 is 0 Å². The van der Waals surface area contributed by atoms with Crippen LogP contribution in [-0.4, -0.2) is 29.0 Å². The molecule has 0 fully saturated rings. The molecule has 0 saturated heterocycles. The lowest BCUT2D eigenvalue weighted by molar-refractivity contribution is 0.0524. The number of benzene rings is 1. The van der Waals surface area contributed by atoms with E-state index in [4.69, 9.17) is 9.47 Å². The second kappa shape index (κ2) is 8.81. The Bertz CT molecular complexity index is 672. The third kappa shape index (κ3) is 5.43. The average molecular weight is 344 g/mol. The highest BCUT2D eigenvalue weighted by atomic mass is 16.5. The SMILES string of the molecule is CCOC(=O)c1cnn(C(C)(C)C)c1CCCOCc1ccccc1. The molecule has 0 saturated carbocycles. The van der Waals surface area contributed by atoms with Crippen molar-refractivity contribution in [1.82, 2.24) is 9.78 Å². The molecule has 0 aliphatic rings. The van der Waals surface area contributed by atoms with Gasteiger partial charge < -0.3 is 9.47 Å². The Balaban J connectivity index is 1.97. The fourth-order valence-corrected chi connectivity index (χ4v) is 2.68. The standard InChI is InChI=1S/C20H28N2O3/c1-5-25-19(23)17-14-21-22(20(2,3)4)18(17)12-9-13-24-15-16-10-7-6-8-11-16/h6-8,10-11,14H,5,9,12-13,15H2,1-4H3. The zero-order chi connectivity index (χ0) is 18.3. The summed E-state index contributed by atoms with van der Waals surface area (Å²) in [6, 6.07) is 10.1. The molecule has 1 heterocycles. The first-order chi connectivity index (χ1) is 11.9. The minimum absolute atomic E-state index is 0.190. The van der Waals surface area contributed by atoms with Crippen LogP contribution in [-0.2, 0) is 28.0 Å². The molecule has 5 heteroatoms. The molecule has 0 bridgehead atoms. The van der Waals surface area contributed by atoms with Gasteiger partial charge in [0.05, 0.1) is 30.6 Å². The van der Waals surface area contributed by atoms with E-state index in [9.17, 15) is 4.79 Å². The lowest BCUT2D eigenvalue weighted by Gasteiger charge is -2.23. The molecule has 0 aliphatic heterocycles. The van der Waals surface area contributed by atoms with E-state index in [1.54, 1.807) is 6.20 Å². The molecule has 1 aromatic carbocycles. The van der Waals surface area contributed by atoms with Gasteiger partial charge in [-0.1, -0.05) is 30.3 Å². The summed E-state index contributed by atoms with van der Waals surface area (Å²) >= 11 is 0. The summed E-state index contributed by atoms with van der Waals surface area (Å²) in [6.07, 6.45) is 3.16. The molecule has 0 N–H and O–H groups in total. The Morgan fingerprint density at radius 2 is 1.92 bits per heavy atom. The Hall–Kier alpha value is -2.14. The van der Waals surface area contributed by atoms with Crippen LogP contribution in [0.1, 0.15) is 55.7 Å². The monoisotopic (exact) mass is 344 g/mol. The molecule has 2 aromatic rings. The van der Waals surface area contributed by atoms with Crippen LogP contribution in [0.2, 0.25) is 0 Å². The van der Waals surface area contributed by atoms with Crippen LogP contribution in [0, 0.1) is 0 Å². The second-order valence-corrected chi connectivity index (χ2v) is 6.95. The number of ether oxygens (including phenoxy) is 2. The Labute approximate surface area is 149 Å². The van der Waals surface area contributed by atoms with Gasteiger partial charge in [0.2, 0.25) is 0 Å². The number of carbonyl (C=O) groups is 1. The summed E-state index contributed by atoms with van der Waals surface area (Å²) in [7, 11) is 0. The zero-order valence-electron chi connectivity index (χ0n) is 15.6. The van der Waals surface area contributed by atoms with E-state index in [1.807, 2.05) is 41.9 Å². The maximum atomic E-state index is 12.2. The number of carbonyl (C=O) groups excluding carboxylic acids is 1. The van der Waals surface area contributed by atoms with Crippen LogP contribution >= 0.6 is 0 Å². The number of hydrogen-bond donors (Lipinski definition) is 0. The first kappa shape index (κ1) is 19.2. The fraction of sp³-hybridized carbons (Fsp3) is 0.500. The van der Waals surface area contributed by atoms with E-state index in [0.717, 1.165) is 24.1 Å². The Morgan fingerprint density at radius 1 is 1.20 bits per heavy atom.